The Balaban J connectivity index is 1.93. The normalized spacial score (nSPS) is 26.2. The molecule has 0 aliphatic heterocycles. The predicted molar refractivity (Wildman–Crippen MR) is 57.6 cm³/mol. The second kappa shape index (κ2) is 4.51. The highest BCUT2D eigenvalue weighted by molar-refractivity contribution is 5.91. The van der Waals surface area contributed by atoms with E-state index in [1.807, 2.05) is 0 Å². The lowest BCUT2D eigenvalue weighted by Gasteiger charge is -2.29. The number of nitrogens with one attached hydrogen (secondary N) is 1. The Morgan fingerprint density at radius 1 is 1.47 bits per heavy atom. The molecule has 3 nitrogen and oxygen atoms in total. The van der Waals surface area contributed by atoms with Gasteiger partial charge in [0.15, 0.2) is 5.76 Å². The summed E-state index contributed by atoms with van der Waals surface area (Å²) < 4.78 is 5.06. The monoisotopic (exact) mass is 207 g/mol. The van der Waals surface area contributed by atoms with Crippen molar-refractivity contribution >= 4 is 5.91 Å². The van der Waals surface area contributed by atoms with Gasteiger partial charge in [0.05, 0.1) is 6.26 Å². The maximum absolute atomic E-state index is 11.7. The summed E-state index contributed by atoms with van der Waals surface area (Å²) in [4.78, 5) is 11.7. The van der Waals surface area contributed by atoms with E-state index in [1.165, 1.54) is 25.5 Å². The molecule has 0 aromatic carbocycles. The zero-order valence-electron chi connectivity index (χ0n) is 9.03. The van der Waals surface area contributed by atoms with Crippen molar-refractivity contribution < 1.29 is 9.21 Å². The van der Waals surface area contributed by atoms with E-state index in [0.29, 0.717) is 17.7 Å². The number of carbonyl (C=O) groups excluding carboxylic acids is 1. The van der Waals surface area contributed by atoms with E-state index in [0.717, 1.165) is 6.42 Å². The number of hydrogen-bond donors (Lipinski definition) is 1. The van der Waals surface area contributed by atoms with Crippen LogP contribution in [0, 0.1) is 5.92 Å². The molecule has 1 aromatic heterocycles. The largest absolute Gasteiger partial charge is 0.459 e. The number of rotatable bonds is 2. The van der Waals surface area contributed by atoms with Gasteiger partial charge in [-0.1, -0.05) is 19.8 Å². The molecule has 0 unspecified atom stereocenters. The molecule has 2 atom stereocenters. The predicted octanol–water partition coefficient (Wildman–Crippen LogP) is 2.59. The van der Waals surface area contributed by atoms with Gasteiger partial charge < -0.3 is 9.73 Å². The summed E-state index contributed by atoms with van der Waals surface area (Å²) in [5.41, 5.74) is 0. The van der Waals surface area contributed by atoms with Gasteiger partial charge in [-0.3, -0.25) is 4.79 Å². The van der Waals surface area contributed by atoms with Crippen molar-refractivity contribution in [1.29, 1.82) is 0 Å². The number of amides is 1. The lowest BCUT2D eigenvalue weighted by atomic mass is 9.86. The summed E-state index contributed by atoms with van der Waals surface area (Å²) in [5.74, 6) is 0.907. The smallest absolute Gasteiger partial charge is 0.287 e. The van der Waals surface area contributed by atoms with Crippen LogP contribution in [0.2, 0.25) is 0 Å². The highest BCUT2D eigenvalue weighted by atomic mass is 16.3. The molecule has 3 heteroatoms. The molecule has 1 fully saturated rings. The van der Waals surface area contributed by atoms with E-state index < -0.39 is 0 Å². The minimum Gasteiger partial charge on any atom is -0.459 e. The molecule has 2 rings (SSSR count). The second-order valence-corrected chi connectivity index (χ2v) is 4.32. The SMILES string of the molecule is C[C@@H]1CCCC[C@H]1NC(=O)c1ccco1. The zero-order chi connectivity index (χ0) is 10.7. The zero-order valence-corrected chi connectivity index (χ0v) is 9.03. The average molecular weight is 207 g/mol. The van der Waals surface area contributed by atoms with Gasteiger partial charge in [-0.15, -0.1) is 0 Å². The first-order chi connectivity index (χ1) is 7.27. The van der Waals surface area contributed by atoms with Crippen molar-refractivity contribution in [1.82, 2.24) is 5.32 Å². The lowest BCUT2D eigenvalue weighted by Crippen LogP contribution is -2.40. The van der Waals surface area contributed by atoms with Crippen molar-refractivity contribution in [2.45, 2.75) is 38.6 Å². The Bertz CT molecular complexity index is 318. The van der Waals surface area contributed by atoms with Gasteiger partial charge in [0, 0.05) is 6.04 Å². The first-order valence-electron chi connectivity index (χ1n) is 5.62. The topological polar surface area (TPSA) is 42.2 Å². The fraction of sp³-hybridized carbons (Fsp3) is 0.583. The third kappa shape index (κ3) is 2.41. The van der Waals surface area contributed by atoms with Crippen LogP contribution in [0.25, 0.3) is 0 Å². The average Bonchev–Trinajstić information content (AvgIpc) is 2.74. The van der Waals surface area contributed by atoms with Crippen molar-refractivity contribution in [2.24, 2.45) is 5.92 Å². The quantitative estimate of drug-likeness (QED) is 0.809. The van der Waals surface area contributed by atoms with Crippen molar-refractivity contribution in [3.63, 3.8) is 0 Å². The molecule has 1 N–H and O–H groups in total. The van der Waals surface area contributed by atoms with Crippen LogP contribution in [0.15, 0.2) is 22.8 Å². The van der Waals surface area contributed by atoms with Crippen molar-refractivity contribution in [3.05, 3.63) is 24.2 Å². The molecule has 0 bridgehead atoms. The number of carbonyl (C=O) groups is 1. The third-order valence-corrected chi connectivity index (χ3v) is 3.17. The lowest BCUT2D eigenvalue weighted by molar-refractivity contribution is 0.0882. The molecule has 15 heavy (non-hydrogen) atoms. The second-order valence-electron chi connectivity index (χ2n) is 4.32. The Morgan fingerprint density at radius 3 is 2.93 bits per heavy atom. The van der Waals surface area contributed by atoms with Crippen LogP contribution < -0.4 is 5.32 Å². The van der Waals surface area contributed by atoms with Gasteiger partial charge in [-0.2, -0.15) is 0 Å². The Kier molecular flexibility index (Phi) is 3.09. The summed E-state index contributed by atoms with van der Waals surface area (Å²) in [7, 11) is 0. The molecular formula is C12H17NO2. The van der Waals surface area contributed by atoms with E-state index in [9.17, 15) is 4.79 Å². The minimum absolute atomic E-state index is 0.0845. The molecule has 0 radical (unpaired) electrons. The summed E-state index contributed by atoms with van der Waals surface area (Å²) in [6.07, 6.45) is 6.33. The van der Waals surface area contributed by atoms with Gasteiger partial charge in [-0.25, -0.2) is 0 Å². The van der Waals surface area contributed by atoms with Crippen LogP contribution >= 0.6 is 0 Å². The molecule has 1 aliphatic rings. The van der Waals surface area contributed by atoms with Crippen LogP contribution in [0.3, 0.4) is 0 Å². The maximum Gasteiger partial charge on any atom is 0.287 e. The van der Waals surface area contributed by atoms with Crippen LogP contribution in [-0.2, 0) is 0 Å². The molecule has 1 heterocycles. The first-order valence-corrected chi connectivity index (χ1v) is 5.62. The summed E-state index contributed by atoms with van der Waals surface area (Å²) in [5, 5.41) is 3.04. The highest BCUT2D eigenvalue weighted by Crippen LogP contribution is 2.23. The molecular weight excluding hydrogens is 190 g/mol. The van der Waals surface area contributed by atoms with Crippen LogP contribution in [0.5, 0.6) is 0 Å². The molecule has 1 amide bonds. The van der Waals surface area contributed by atoms with Gasteiger partial charge in [0.25, 0.3) is 5.91 Å². The fourth-order valence-electron chi connectivity index (χ4n) is 2.18. The highest BCUT2D eigenvalue weighted by Gasteiger charge is 2.23. The minimum atomic E-state index is -0.0845. The van der Waals surface area contributed by atoms with Gasteiger partial charge >= 0.3 is 0 Å². The number of furan rings is 1. The molecule has 1 aliphatic carbocycles. The van der Waals surface area contributed by atoms with Gasteiger partial charge in [0.2, 0.25) is 0 Å². The van der Waals surface area contributed by atoms with E-state index in [4.69, 9.17) is 4.42 Å². The van der Waals surface area contributed by atoms with E-state index in [2.05, 4.69) is 12.2 Å². The molecule has 0 saturated heterocycles. The van der Waals surface area contributed by atoms with Crippen LogP contribution in [0.4, 0.5) is 0 Å². The Labute approximate surface area is 89.9 Å². The Hall–Kier alpha value is -1.25. The fourth-order valence-corrected chi connectivity index (χ4v) is 2.18. The molecule has 82 valence electrons. The Morgan fingerprint density at radius 2 is 2.27 bits per heavy atom. The molecule has 1 saturated carbocycles. The standard InChI is InChI=1S/C12H17NO2/c1-9-5-2-3-6-10(9)13-12(14)11-7-4-8-15-11/h4,7-10H,2-3,5-6H2,1H3,(H,13,14)/t9-,10-/m1/s1. The van der Waals surface area contributed by atoms with E-state index >= 15 is 0 Å². The van der Waals surface area contributed by atoms with Gasteiger partial charge in [-0.05, 0) is 30.9 Å². The maximum atomic E-state index is 11.7. The summed E-state index contributed by atoms with van der Waals surface area (Å²) in [6, 6.07) is 3.75. The third-order valence-electron chi connectivity index (χ3n) is 3.17. The van der Waals surface area contributed by atoms with Crippen LogP contribution in [0.1, 0.15) is 43.2 Å². The molecule has 0 spiro atoms. The van der Waals surface area contributed by atoms with Gasteiger partial charge in [0.1, 0.15) is 0 Å². The van der Waals surface area contributed by atoms with E-state index in [1.54, 1.807) is 12.1 Å². The molecule has 1 aromatic rings. The van der Waals surface area contributed by atoms with Crippen molar-refractivity contribution in [2.75, 3.05) is 0 Å². The first kappa shape index (κ1) is 10.3. The van der Waals surface area contributed by atoms with E-state index in [-0.39, 0.29) is 5.91 Å². The van der Waals surface area contributed by atoms with Crippen molar-refractivity contribution in [3.8, 4) is 0 Å². The van der Waals surface area contributed by atoms with Crippen LogP contribution in [-0.4, -0.2) is 11.9 Å². The summed E-state index contributed by atoms with van der Waals surface area (Å²) >= 11 is 0. The number of hydrogen-bond acceptors (Lipinski definition) is 2. The summed E-state index contributed by atoms with van der Waals surface area (Å²) in [6.45, 7) is 2.20.